The second-order valence-corrected chi connectivity index (χ2v) is 5.49. The van der Waals surface area contributed by atoms with Gasteiger partial charge in [0.25, 0.3) is 0 Å². The first-order chi connectivity index (χ1) is 7.13. The summed E-state index contributed by atoms with van der Waals surface area (Å²) in [7, 11) is 0. The van der Waals surface area contributed by atoms with Gasteiger partial charge in [0, 0.05) is 23.7 Å². The van der Waals surface area contributed by atoms with Gasteiger partial charge < -0.3 is 5.73 Å². The standard InChI is InChI=1S/C12H20N2S/c1-9(2)10(3)15-8-11-4-5-14-12(6-11)7-13/h4-6,9-10H,7-8,13H2,1-3H3. The van der Waals surface area contributed by atoms with Crippen molar-refractivity contribution in [3.8, 4) is 0 Å². The van der Waals surface area contributed by atoms with Crippen LogP contribution in [-0.2, 0) is 12.3 Å². The topological polar surface area (TPSA) is 38.9 Å². The van der Waals surface area contributed by atoms with Gasteiger partial charge in [-0.25, -0.2) is 0 Å². The third-order valence-electron chi connectivity index (χ3n) is 2.54. The fraction of sp³-hybridized carbons (Fsp3) is 0.583. The van der Waals surface area contributed by atoms with Crippen LogP contribution in [0.2, 0.25) is 0 Å². The zero-order valence-corrected chi connectivity index (χ0v) is 10.6. The molecule has 0 aromatic carbocycles. The molecule has 2 N–H and O–H groups in total. The Kier molecular flexibility index (Phi) is 5.12. The smallest absolute Gasteiger partial charge is 0.0542 e. The molecule has 0 fully saturated rings. The lowest BCUT2D eigenvalue weighted by atomic mass is 10.2. The minimum Gasteiger partial charge on any atom is -0.325 e. The van der Waals surface area contributed by atoms with Gasteiger partial charge in [-0.3, -0.25) is 4.98 Å². The first-order valence-electron chi connectivity index (χ1n) is 5.39. The van der Waals surface area contributed by atoms with Gasteiger partial charge in [0.15, 0.2) is 0 Å². The summed E-state index contributed by atoms with van der Waals surface area (Å²) >= 11 is 1.99. The van der Waals surface area contributed by atoms with Gasteiger partial charge >= 0.3 is 0 Å². The molecular formula is C12H20N2S. The molecule has 0 aliphatic heterocycles. The number of thioether (sulfide) groups is 1. The SMILES string of the molecule is CC(C)C(C)SCc1ccnc(CN)c1. The van der Waals surface area contributed by atoms with Crippen LogP contribution in [0.1, 0.15) is 32.0 Å². The third-order valence-corrected chi connectivity index (χ3v) is 4.11. The van der Waals surface area contributed by atoms with E-state index in [1.165, 1.54) is 5.56 Å². The molecule has 1 aromatic rings. The van der Waals surface area contributed by atoms with Crippen LogP contribution in [0, 0.1) is 5.92 Å². The van der Waals surface area contributed by atoms with E-state index in [4.69, 9.17) is 5.73 Å². The summed E-state index contributed by atoms with van der Waals surface area (Å²) in [6, 6.07) is 4.17. The third kappa shape index (κ3) is 4.22. The number of hydrogen-bond donors (Lipinski definition) is 1. The van der Waals surface area contributed by atoms with Crippen LogP contribution >= 0.6 is 11.8 Å². The molecule has 0 radical (unpaired) electrons. The van der Waals surface area contributed by atoms with E-state index in [9.17, 15) is 0 Å². The first-order valence-corrected chi connectivity index (χ1v) is 6.44. The van der Waals surface area contributed by atoms with E-state index in [-0.39, 0.29) is 0 Å². The zero-order valence-electron chi connectivity index (χ0n) is 9.73. The molecule has 84 valence electrons. The Balaban J connectivity index is 2.50. The molecule has 1 rings (SSSR count). The van der Waals surface area contributed by atoms with E-state index >= 15 is 0 Å². The average Bonchev–Trinajstić information content (AvgIpc) is 2.26. The molecule has 15 heavy (non-hydrogen) atoms. The second-order valence-electron chi connectivity index (χ2n) is 4.12. The van der Waals surface area contributed by atoms with Gasteiger partial charge in [0.05, 0.1) is 5.69 Å². The van der Waals surface area contributed by atoms with Crippen molar-refractivity contribution < 1.29 is 0 Å². The van der Waals surface area contributed by atoms with Crippen molar-refractivity contribution in [2.45, 2.75) is 38.3 Å². The predicted octanol–water partition coefficient (Wildman–Crippen LogP) is 2.82. The molecule has 1 atom stereocenters. The maximum atomic E-state index is 5.55. The Hall–Kier alpha value is -0.540. The number of rotatable bonds is 5. The molecule has 1 aromatic heterocycles. The summed E-state index contributed by atoms with van der Waals surface area (Å²) in [4.78, 5) is 4.19. The van der Waals surface area contributed by atoms with Crippen LogP contribution in [0.15, 0.2) is 18.3 Å². The molecule has 2 nitrogen and oxygen atoms in total. The Bertz CT molecular complexity index is 299. The molecule has 0 aliphatic carbocycles. The fourth-order valence-electron chi connectivity index (χ4n) is 1.15. The van der Waals surface area contributed by atoms with Crippen LogP contribution in [0.4, 0.5) is 0 Å². The van der Waals surface area contributed by atoms with Crippen LogP contribution in [-0.4, -0.2) is 10.2 Å². The van der Waals surface area contributed by atoms with E-state index < -0.39 is 0 Å². The molecule has 1 unspecified atom stereocenters. The average molecular weight is 224 g/mol. The number of nitrogens with zero attached hydrogens (tertiary/aromatic N) is 1. The van der Waals surface area contributed by atoms with Gasteiger partial charge in [0.1, 0.15) is 0 Å². The Morgan fingerprint density at radius 3 is 2.73 bits per heavy atom. The number of aromatic nitrogens is 1. The molecule has 0 spiro atoms. The Labute approximate surface area is 96.7 Å². The van der Waals surface area contributed by atoms with Crippen LogP contribution < -0.4 is 5.73 Å². The van der Waals surface area contributed by atoms with Gasteiger partial charge in [-0.15, -0.1) is 0 Å². The molecule has 0 bridgehead atoms. The molecule has 0 aliphatic rings. The molecule has 1 heterocycles. The molecular weight excluding hydrogens is 204 g/mol. The minimum absolute atomic E-state index is 0.526. The van der Waals surface area contributed by atoms with Crippen molar-refractivity contribution >= 4 is 11.8 Å². The van der Waals surface area contributed by atoms with Gasteiger partial charge in [-0.05, 0) is 23.6 Å². The fourth-order valence-corrected chi connectivity index (χ4v) is 2.17. The zero-order chi connectivity index (χ0) is 11.3. The maximum Gasteiger partial charge on any atom is 0.0542 e. The summed E-state index contributed by atoms with van der Waals surface area (Å²) in [5.74, 6) is 1.78. The lowest BCUT2D eigenvalue weighted by Gasteiger charge is -2.14. The second kappa shape index (κ2) is 6.13. The van der Waals surface area contributed by atoms with Crippen LogP contribution in [0.5, 0.6) is 0 Å². The van der Waals surface area contributed by atoms with Crippen molar-refractivity contribution in [2.75, 3.05) is 0 Å². The highest BCUT2D eigenvalue weighted by Crippen LogP contribution is 2.22. The Morgan fingerprint density at radius 1 is 1.40 bits per heavy atom. The highest BCUT2D eigenvalue weighted by molar-refractivity contribution is 7.99. The van der Waals surface area contributed by atoms with Crippen molar-refractivity contribution in [3.63, 3.8) is 0 Å². The van der Waals surface area contributed by atoms with Crippen LogP contribution in [0.3, 0.4) is 0 Å². The van der Waals surface area contributed by atoms with Crippen molar-refractivity contribution in [1.29, 1.82) is 0 Å². The molecule has 0 amide bonds. The normalized spacial score (nSPS) is 13.1. The summed E-state index contributed by atoms with van der Waals surface area (Å²) in [5.41, 5.74) is 7.85. The van der Waals surface area contributed by atoms with Gasteiger partial charge in [0.2, 0.25) is 0 Å². The Morgan fingerprint density at radius 2 is 2.13 bits per heavy atom. The largest absolute Gasteiger partial charge is 0.325 e. The number of hydrogen-bond acceptors (Lipinski definition) is 3. The van der Waals surface area contributed by atoms with E-state index in [1.807, 2.05) is 18.0 Å². The maximum absolute atomic E-state index is 5.55. The van der Waals surface area contributed by atoms with E-state index in [0.29, 0.717) is 11.8 Å². The molecule has 3 heteroatoms. The quantitative estimate of drug-likeness (QED) is 0.836. The van der Waals surface area contributed by atoms with E-state index in [0.717, 1.165) is 17.4 Å². The number of nitrogens with two attached hydrogens (primary N) is 1. The lowest BCUT2D eigenvalue weighted by molar-refractivity contribution is 0.642. The van der Waals surface area contributed by atoms with Crippen molar-refractivity contribution in [3.05, 3.63) is 29.6 Å². The predicted molar refractivity (Wildman–Crippen MR) is 67.7 cm³/mol. The molecule has 0 saturated heterocycles. The summed E-state index contributed by atoms with van der Waals surface area (Å²) < 4.78 is 0. The minimum atomic E-state index is 0.526. The van der Waals surface area contributed by atoms with Crippen LogP contribution in [0.25, 0.3) is 0 Å². The summed E-state index contributed by atoms with van der Waals surface area (Å²) in [6.45, 7) is 7.32. The van der Waals surface area contributed by atoms with Gasteiger partial charge in [-0.1, -0.05) is 20.8 Å². The number of pyridine rings is 1. The summed E-state index contributed by atoms with van der Waals surface area (Å²) in [5, 5.41) is 0.694. The summed E-state index contributed by atoms with van der Waals surface area (Å²) in [6.07, 6.45) is 1.85. The highest BCUT2D eigenvalue weighted by atomic mass is 32.2. The van der Waals surface area contributed by atoms with E-state index in [2.05, 4.69) is 37.9 Å². The first kappa shape index (κ1) is 12.5. The monoisotopic (exact) mass is 224 g/mol. The van der Waals surface area contributed by atoms with E-state index in [1.54, 1.807) is 0 Å². The highest BCUT2D eigenvalue weighted by Gasteiger charge is 2.07. The van der Waals surface area contributed by atoms with Crippen molar-refractivity contribution in [2.24, 2.45) is 11.7 Å². The van der Waals surface area contributed by atoms with Crippen molar-refractivity contribution in [1.82, 2.24) is 4.98 Å². The van der Waals surface area contributed by atoms with Gasteiger partial charge in [-0.2, -0.15) is 11.8 Å². The molecule has 0 saturated carbocycles. The lowest BCUT2D eigenvalue weighted by Crippen LogP contribution is -2.06.